The third-order valence-electron chi connectivity index (χ3n) is 5.07. The van der Waals surface area contributed by atoms with Gasteiger partial charge in [0.1, 0.15) is 0 Å². The van der Waals surface area contributed by atoms with E-state index in [1.165, 1.54) is 6.07 Å². The molecule has 0 radical (unpaired) electrons. The first kappa shape index (κ1) is 21.6. The number of carbonyl (C=O) groups excluding carboxylic acids is 1. The lowest BCUT2D eigenvalue weighted by atomic mass is 10.0. The molecule has 0 spiro atoms. The lowest BCUT2D eigenvalue weighted by molar-refractivity contribution is 0.0951. The average Bonchev–Trinajstić information content (AvgIpc) is 2.74. The fraction of sp³-hybridized carbons (Fsp3) is 0.208. The van der Waals surface area contributed by atoms with Crippen molar-refractivity contribution < 1.29 is 13.2 Å². The number of para-hydroxylation sites is 1. The molecular formula is C24H26N2O3S. The lowest BCUT2D eigenvalue weighted by Crippen LogP contribution is -2.28. The van der Waals surface area contributed by atoms with Crippen molar-refractivity contribution in [3.63, 3.8) is 0 Å². The molecule has 0 saturated heterocycles. The van der Waals surface area contributed by atoms with Gasteiger partial charge in [0, 0.05) is 12.1 Å². The van der Waals surface area contributed by atoms with Gasteiger partial charge >= 0.3 is 0 Å². The van der Waals surface area contributed by atoms with Crippen LogP contribution < -0.4 is 10.0 Å². The number of carbonyl (C=O) groups is 1. The van der Waals surface area contributed by atoms with Crippen LogP contribution >= 0.6 is 0 Å². The van der Waals surface area contributed by atoms with Crippen LogP contribution in [0.15, 0.2) is 77.7 Å². The van der Waals surface area contributed by atoms with Gasteiger partial charge in [-0.25, -0.2) is 8.42 Å². The van der Waals surface area contributed by atoms with Gasteiger partial charge in [0.05, 0.1) is 10.6 Å². The van der Waals surface area contributed by atoms with Gasteiger partial charge in [-0.2, -0.15) is 0 Å². The van der Waals surface area contributed by atoms with Crippen LogP contribution in [0.4, 0.5) is 5.69 Å². The van der Waals surface area contributed by atoms with E-state index in [2.05, 4.69) is 10.0 Å². The van der Waals surface area contributed by atoms with Crippen molar-refractivity contribution in [3.05, 3.63) is 95.1 Å². The van der Waals surface area contributed by atoms with Crippen LogP contribution in [0.25, 0.3) is 0 Å². The summed E-state index contributed by atoms with van der Waals surface area (Å²) in [6, 6.07) is 21.8. The zero-order chi connectivity index (χ0) is 21.7. The second-order valence-corrected chi connectivity index (χ2v) is 9.07. The smallest absolute Gasteiger partial charge is 0.262 e. The highest BCUT2D eigenvalue weighted by molar-refractivity contribution is 7.92. The number of nitrogens with one attached hydrogen (secondary N) is 2. The molecule has 30 heavy (non-hydrogen) atoms. The molecule has 6 heteroatoms. The van der Waals surface area contributed by atoms with Crippen LogP contribution in [0, 0.1) is 13.8 Å². The number of hydrogen-bond donors (Lipinski definition) is 2. The van der Waals surface area contributed by atoms with Crippen LogP contribution in [0.3, 0.4) is 0 Å². The van der Waals surface area contributed by atoms with Gasteiger partial charge < -0.3 is 5.32 Å². The summed E-state index contributed by atoms with van der Waals surface area (Å²) in [7, 11) is -3.83. The molecule has 0 aliphatic heterocycles. The lowest BCUT2D eigenvalue weighted by Gasteiger charge is -2.15. The Kier molecular flexibility index (Phi) is 6.57. The maximum absolute atomic E-state index is 13.0. The third-order valence-corrected chi connectivity index (χ3v) is 6.57. The van der Waals surface area contributed by atoms with Crippen LogP contribution in [0.5, 0.6) is 0 Å². The maximum Gasteiger partial charge on any atom is 0.262 e. The molecule has 0 saturated carbocycles. The molecule has 1 atom stereocenters. The van der Waals surface area contributed by atoms with Crippen molar-refractivity contribution in [1.82, 2.24) is 5.32 Å². The Balaban J connectivity index is 1.77. The maximum atomic E-state index is 13.0. The average molecular weight is 423 g/mol. The van der Waals surface area contributed by atoms with E-state index < -0.39 is 10.0 Å². The minimum absolute atomic E-state index is 0.0921. The van der Waals surface area contributed by atoms with Crippen molar-refractivity contribution in [3.8, 4) is 0 Å². The van der Waals surface area contributed by atoms with Crippen molar-refractivity contribution in [2.45, 2.75) is 31.6 Å². The van der Waals surface area contributed by atoms with Crippen molar-refractivity contribution in [2.24, 2.45) is 0 Å². The van der Waals surface area contributed by atoms with Crippen LogP contribution in [-0.2, 0) is 10.0 Å². The molecular weight excluding hydrogens is 396 g/mol. The first-order valence-electron chi connectivity index (χ1n) is 9.80. The minimum atomic E-state index is -3.83. The fourth-order valence-electron chi connectivity index (χ4n) is 3.17. The Bertz CT molecular complexity index is 1140. The highest BCUT2D eigenvalue weighted by Crippen LogP contribution is 2.23. The second kappa shape index (κ2) is 9.13. The van der Waals surface area contributed by atoms with E-state index in [4.69, 9.17) is 0 Å². The Morgan fingerprint density at radius 2 is 1.57 bits per heavy atom. The summed E-state index contributed by atoms with van der Waals surface area (Å²) in [5.41, 5.74) is 3.36. The molecule has 0 aromatic heterocycles. The van der Waals surface area contributed by atoms with Gasteiger partial charge in [-0.1, -0.05) is 61.5 Å². The Labute approximate surface area is 178 Å². The van der Waals surface area contributed by atoms with E-state index in [1.807, 2.05) is 56.3 Å². The highest BCUT2D eigenvalue weighted by Gasteiger charge is 2.20. The molecule has 0 heterocycles. The number of rotatable bonds is 7. The topological polar surface area (TPSA) is 75.3 Å². The molecule has 0 aliphatic rings. The number of sulfonamides is 1. The molecule has 3 aromatic carbocycles. The largest absolute Gasteiger partial charge is 0.351 e. The van der Waals surface area contributed by atoms with Crippen LogP contribution in [0.2, 0.25) is 0 Å². The van der Waals surface area contributed by atoms with Gasteiger partial charge in [-0.15, -0.1) is 0 Å². The van der Waals surface area contributed by atoms with Crippen molar-refractivity contribution in [1.29, 1.82) is 0 Å². The van der Waals surface area contributed by atoms with E-state index in [1.54, 1.807) is 31.2 Å². The van der Waals surface area contributed by atoms with Crippen LogP contribution in [-0.4, -0.2) is 20.9 Å². The van der Waals surface area contributed by atoms with E-state index in [9.17, 15) is 13.2 Å². The number of amides is 1. The zero-order valence-corrected chi connectivity index (χ0v) is 18.2. The first-order valence-corrected chi connectivity index (χ1v) is 11.3. The monoisotopic (exact) mass is 422 g/mol. The fourth-order valence-corrected chi connectivity index (χ4v) is 4.57. The molecule has 5 nitrogen and oxygen atoms in total. The van der Waals surface area contributed by atoms with Gasteiger partial charge in [0.2, 0.25) is 0 Å². The number of benzene rings is 3. The summed E-state index contributed by atoms with van der Waals surface area (Å²) in [6.07, 6.45) is 0. The summed E-state index contributed by atoms with van der Waals surface area (Å²) in [4.78, 5) is 12.7. The predicted octanol–water partition coefficient (Wildman–Crippen LogP) is 4.64. The standard InChI is InChI=1S/C24H26N2O3S/c1-17-9-7-8-12-22(17)26-30(28,29)23-15-21(14-13-18(23)2)24(27)25-16-19(3)20-10-5-4-6-11-20/h4-15,19,26H,16H2,1-3H3,(H,25,27)/t19-/m0/s1. The number of anilines is 1. The van der Waals surface area contributed by atoms with Gasteiger partial charge in [0.25, 0.3) is 15.9 Å². The zero-order valence-electron chi connectivity index (χ0n) is 17.3. The molecule has 3 aromatic rings. The molecule has 3 rings (SSSR count). The number of hydrogen-bond acceptors (Lipinski definition) is 3. The minimum Gasteiger partial charge on any atom is -0.351 e. The van der Waals surface area contributed by atoms with E-state index in [0.717, 1.165) is 11.1 Å². The predicted molar refractivity (Wildman–Crippen MR) is 120 cm³/mol. The quantitative estimate of drug-likeness (QED) is 0.583. The Morgan fingerprint density at radius 1 is 0.900 bits per heavy atom. The van der Waals surface area contributed by atoms with E-state index >= 15 is 0 Å². The van der Waals surface area contributed by atoms with Crippen LogP contribution in [0.1, 0.15) is 39.9 Å². The second-order valence-electron chi connectivity index (χ2n) is 7.42. The molecule has 0 bridgehead atoms. The highest BCUT2D eigenvalue weighted by atomic mass is 32.2. The van der Waals surface area contributed by atoms with Gasteiger partial charge in [-0.05, 0) is 54.7 Å². The van der Waals surface area contributed by atoms with E-state index in [-0.39, 0.29) is 16.7 Å². The normalized spacial score (nSPS) is 12.2. The third kappa shape index (κ3) is 5.07. The SMILES string of the molecule is Cc1ccccc1NS(=O)(=O)c1cc(C(=O)NC[C@H](C)c2ccccc2)ccc1C. The Hall–Kier alpha value is -3.12. The van der Waals surface area contributed by atoms with E-state index in [0.29, 0.717) is 23.4 Å². The Morgan fingerprint density at radius 3 is 2.27 bits per heavy atom. The first-order chi connectivity index (χ1) is 14.3. The van der Waals surface area contributed by atoms with Crippen molar-refractivity contribution in [2.75, 3.05) is 11.3 Å². The summed E-state index contributed by atoms with van der Waals surface area (Å²) in [5.74, 6) is -0.156. The summed E-state index contributed by atoms with van der Waals surface area (Å²) >= 11 is 0. The molecule has 0 fully saturated rings. The molecule has 0 aliphatic carbocycles. The van der Waals surface area contributed by atoms with Gasteiger partial charge in [0.15, 0.2) is 0 Å². The van der Waals surface area contributed by atoms with Gasteiger partial charge in [-0.3, -0.25) is 9.52 Å². The van der Waals surface area contributed by atoms with Crippen molar-refractivity contribution >= 4 is 21.6 Å². The molecule has 0 unspecified atom stereocenters. The number of aryl methyl sites for hydroxylation is 2. The molecule has 156 valence electrons. The summed E-state index contributed by atoms with van der Waals surface area (Å²) < 4.78 is 28.5. The molecule has 1 amide bonds. The summed E-state index contributed by atoms with van der Waals surface area (Å²) in [5, 5.41) is 2.90. The molecule has 2 N–H and O–H groups in total. The summed E-state index contributed by atoms with van der Waals surface area (Å²) in [6.45, 7) is 6.04.